The Kier molecular flexibility index (Phi) is 6.02. The monoisotopic (exact) mass is 337 g/mol. The molecule has 2 N–H and O–H groups in total. The van der Waals surface area contributed by atoms with Crippen molar-refractivity contribution in [1.29, 1.82) is 0 Å². The fraction of sp³-hybridized carbons (Fsp3) is 0.529. The number of hydrogen-bond donors (Lipinski definition) is 2. The van der Waals surface area contributed by atoms with Crippen LogP contribution in [0.4, 0.5) is 0 Å². The highest BCUT2D eigenvalue weighted by atomic mass is 35.5. The van der Waals surface area contributed by atoms with E-state index in [9.17, 15) is 9.59 Å². The summed E-state index contributed by atoms with van der Waals surface area (Å²) in [5, 5.41) is 6.28. The molecule has 1 aromatic rings. The molecule has 2 heterocycles. The summed E-state index contributed by atoms with van der Waals surface area (Å²) in [5.41, 5.74) is 2.32. The molecule has 2 aliphatic rings. The van der Waals surface area contributed by atoms with E-state index in [1.54, 1.807) is 4.90 Å². The highest BCUT2D eigenvalue weighted by Gasteiger charge is 2.35. The first-order valence-electron chi connectivity index (χ1n) is 7.96. The van der Waals surface area contributed by atoms with Crippen LogP contribution < -0.4 is 10.6 Å². The van der Waals surface area contributed by atoms with Gasteiger partial charge in [0.2, 0.25) is 11.8 Å². The first kappa shape index (κ1) is 17.8. The number of carbonyl (C=O) groups is 2. The molecule has 0 saturated carbocycles. The summed E-state index contributed by atoms with van der Waals surface area (Å²) in [4.78, 5) is 26.2. The second kappa shape index (κ2) is 7.79. The minimum absolute atomic E-state index is 0. The van der Waals surface area contributed by atoms with E-state index in [-0.39, 0.29) is 36.2 Å². The lowest BCUT2D eigenvalue weighted by atomic mass is 10.1. The van der Waals surface area contributed by atoms with Gasteiger partial charge in [-0.15, -0.1) is 12.4 Å². The Bertz CT molecular complexity index is 555. The van der Waals surface area contributed by atoms with E-state index in [0.29, 0.717) is 19.5 Å². The number of nitrogens with one attached hydrogen (secondary N) is 2. The summed E-state index contributed by atoms with van der Waals surface area (Å²) in [7, 11) is 0. The maximum atomic E-state index is 12.3. The number of rotatable bonds is 4. The lowest BCUT2D eigenvalue weighted by molar-refractivity contribution is -0.129. The number of carbonyl (C=O) groups excluding carboxylic acids is 2. The molecule has 1 aromatic carbocycles. The molecule has 0 bridgehead atoms. The molecule has 2 saturated heterocycles. The Hall–Kier alpha value is -1.59. The van der Waals surface area contributed by atoms with Gasteiger partial charge in [0.15, 0.2) is 0 Å². The number of nitrogens with zero attached hydrogens (tertiary/aromatic N) is 1. The third kappa shape index (κ3) is 4.45. The van der Waals surface area contributed by atoms with Gasteiger partial charge in [0.1, 0.15) is 0 Å². The van der Waals surface area contributed by atoms with Gasteiger partial charge in [0.05, 0.1) is 5.92 Å². The van der Waals surface area contributed by atoms with Gasteiger partial charge in [-0.2, -0.15) is 0 Å². The number of amides is 2. The zero-order chi connectivity index (χ0) is 15.5. The van der Waals surface area contributed by atoms with Crippen molar-refractivity contribution in [3.8, 4) is 0 Å². The van der Waals surface area contributed by atoms with Crippen LogP contribution in [0.3, 0.4) is 0 Å². The van der Waals surface area contributed by atoms with Gasteiger partial charge in [0.25, 0.3) is 0 Å². The maximum absolute atomic E-state index is 12.3. The summed E-state index contributed by atoms with van der Waals surface area (Å²) >= 11 is 0. The lowest BCUT2D eigenvalue weighted by Gasteiger charge is -2.18. The van der Waals surface area contributed by atoms with Gasteiger partial charge in [-0.1, -0.05) is 29.8 Å². The van der Waals surface area contributed by atoms with Crippen LogP contribution in [0.1, 0.15) is 24.0 Å². The average molecular weight is 338 g/mol. The van der Waals surface area contributed by atoms with Crippen molar-refractivity contribution in [2.45, 2.75) is 32.4 Å². The SMILES string of the molecule is Cc1ccc(CN2CC(C(=O)NC3CCNC3)CC2=O)cc1.Cl. The Labute approximate surface area is 143 Å². The van der Waals surface area contributed by atoms with Crippen LogP contribution in [0.25, 0.3) is 0 Å². The zero-order valence-corrected chi connectivity index (χ0v) is 14.2. The van der Waals surface area contributed by atoms with Crippen molar-refractivity contribution in [3.63, 3.8) is 0 Å². The molecule has 2 fully saturated rings. The van der Waals surface area contributed by atoms with Crippen LogP contribution in [0.15, 0.2) is 24.3 Å². The quantitative estimate of drug-likeness (QED) is 0.869. The van der Waals surface area contributed by atoms with E-state index in [2.05, 4.69) is 10.6 Å². The Balaban J connectivity index is 0.00000192. The number of benzene rings is 1. The lowest BCUT2D eigenvalue weighted by Crippen LogP contribution is -2.40. The summed E-state index contributed by atoms with van der Waals surface area (Å²) in [6.07, 6.45) is 1.30. The molecule has 2 atom stereocenters. The van der Waals surface area contributed by atoms with Crippen LogP contribution in [-0.2, 0) is 16.1 Å². The van der Waals surface area contributed by atoms with E-state index in [1.807, 2.05) is 31.2 Å². The van der Waals surface area contributed by atoms with Gasteiger partial charge in [-0.25, -0.2) is 0 Å². The fourth-order valence-electron chi connectivity index (χ4n) is 3.11. The standard InChI is InChI=1S/C17H23N3O2.ClH/c1-12-2-4-13(5-3-12)10-20-11-14(8-16(20)21)17(22)19-15-6-7-18-9-15;/h2-5,14-15,18H,6-11H2,1H3,(H,19,22);1H. The largest absolute Gasteiger partial charge is 0.352 e. The first-order valence-corrected chi connectivity index (χ1v) is 7.96. The molecule has 6 heteroatoms. The van der Waals surface area contributed by atoms with Crippen LogP contribution >= 0.6 is 12.4 Å². The maximum Gasteiger partial charge on any atom is 0.225 e. The second-order valence-corrected chi connectivity index (χ2v) is 6.36. The number of aryl methyl sites for hydroxylation is 1. The number of halogens is 1. The van der Waals surface area contributed by atoms with Crippen LogP contribution in [0.2, 0.25) is 0 Å². The van der Waals surface area contributed by atoms with E-state index < -0.39 is 0 Å². The molecule has 23 heavy (non-hydrogen) atoms. The Morgan fingerprint density at radius 3 is 2.74 bits per heavy atom. The molecule has 126 valence electrons. The minimum atomic E-state index is -0.210. The van der Waals surface area contributed by atoms with Crippen LogP contribution in [0, 0.1) is 12.8 Å². The van der Waals surface area contributed by atoms with E-state index in [4.69, 9.17) is 0 Å². The van der Waals surface area contributed by atoms with Crippen molar-refractivity contribution in [2.75, 3.05) is 19.6 Å². The van der Waals surface area contributed by atoms with Gasteiger partial charge >= 0.3 is 0 Å². The smallest absolute Gasteiger partial charge is 0.225 e. The highest BCUT2D eigenvalue weighted by molar-refractivity contribution is 5.89. The Morgan fingerprint density at radius 1 is 1.35 bits per heavy atom. The van der Waals surface area contributed by atoms with Crippen molar-refractivity contribution >= 4 is 24.2 Å². The molecule has 2 unspecified atom stereocenters. The normalized spacial score (nSPS) is 23.7. The molecule has 0 aromatic heterocycles. The molecule has 0 spiro atoms. The van der Waals surface area contributed by atoms with Crippen molar-refractivity contribution in [3.05, 3.63) is 35.4 Å². The molecule has 0 radical (unpaired) electrons. The molecule has 3 rings (SSSR count). The summed E-state index contributed by atoms with van der Waals surface area (Å²) in [6, 6.07) is 8.40. The van der Waals surface area contributed by atoms with Gasteiger partial charge in [-0.05, 0) is 25.5 Å². The molecule has 2 aliphatic heterocycles. The third-order valence-electron chi connectivity index (χ3n) is 4.49. The fourth-order valence-corrected chi connectivity index (χ4v) is 3.11. The van der Waals surface area contributed by atoms with Crippen LogP contribution in [-0.4, -0.2) is 42.4 Å². The Morgan fingerprint density at radius 2 is 2.09 bits per heavy atom. The van der Waals surface area contributed by atoms with E-state index >= 15 is 0 Å². The molecular formula is C17H24ClN3O2. The topological polar surface area (TPSA) is 61.4 Å². The second-order valence-electron chi connectivity index (χ2n) is 6.36. The zero-order valence-electron chi connectivity index (χ0n) is 13.4. The van der Waals surface area contributed by atoms with E-state index in [0.717, 1.165) is 25.1 Å². The first-order chi connectivity index (χ1) is 10.6. The molecule has 0 aliphatic carbocycles. The number of hydrogen-bond acceptors (Lipinski definition) is 3. The third-order valence-corrected chi connectivity index (χ3v) is 4.49. The van der Waals surface area contributed by atoms with Crippen molar-refractivity contribution < 1.29 is 9.59 Å². The van der Waals surface area contributed by atoms with E-state index in [1.165, 1.54) is 5.56 Å². The predicted octanol–water partition coefficient (Wildman–Crippen LogP) is 1.24. The van der Waals surface area contributed by atoms with Gasteiger partial charge < -0.3 is 15.5 Å². The number of likely N-dealkylation sites (tertiary alicyclic amines) is 1. The summed E-state index contributed by atoms with van der Waals surface area (Å²) in [6.45, 7) is 4.95. The van der Waals surface area contributed by atoms with Gasteiger partial charge in [-0.3, -0.25) is 9.59 Å². The predicted molar refractivity (Wildman–Crippen MR) is 91.4 cm³/mol. The molecule has 5 nitrogen and oxygen atoms in total. The molecule has 2 amide bonds. The van der Waals surface area contributed by atoms with Crippen molar-refractivity contribution in [2.24, 2.45) is 5.92 Å². The van der Waals surface area contributed by atoms with Crippen LogP contribution in [0.5, 0.6) is 0 Å². The minimum Gasteiger partial charge on any atom is -0.352 e. The summed E-state index contributed by atoms with van der Waals surface area (Å²) in [5.74, 6) is -0.114. The molecular weight excluding hydrogens is 314 g/mol. The van der Waals surface area contributed by atoms with Gasteiger partial charge in [0, 0.05) is 32.1 Å². The van der Waals surface area contributed by atoms with Crippen molar-refractivity contribution in [1.82, 2.24) is 15.5 Å². The summed E-state index contributed by atoms with van der Waals surface area (Å²) < 4.78 is 0. The highest BCUT2D eigenvalue weighted by Crippen LogP contribution is 2.21. The average Bonchev–Trinajstić information content (AvgIpc) is 3.12.